The van der Waals surface area contributed by atoms with Gasteiger partial charge >= 0.3 is 0 Å². The number of nitrogens with zero attached hydrogens (tertiary/aromatic N) is 3. The largest absolute Gasteiger partial charge is 0.246 e. The Bertz CT molecular complexity index is 1520. The van der Waals surface area contributed by atoms with Crippen LogP contribution in [0.25, 0.3) is 0 Å². The average Bonchev–Trinajstić information content (AvgIpc) is 3.00. The molecule has 4 aromatic carbocycles. The maximum atomic E-state index is 5.23. The van der Waals surface area contributed by atoms with E-state index >= 15 is 0 Å². The van der Waals surface area contributed by atoms with Crippen molar-refractivity contribution in [3.63, 3.8) is 0 Å². The maximum Gasteiger partial charge on any atom is 0.0966 e. The van der Waals surface area contributed by atoms with Gasteiger partial charge in [-0.15, -0.1) is 0 Å². The van der Waals surface area contributed by atoms with E-state index in [9.17, 15) is 0 Å². The van der Waals surface area contributed by atoms with Crippen molar-refractivity contribution in [3.05, 3.63) is 161 Å². The standard InChI is InChI=1S/C37H35N3.Co/c1-26(2)30-20-11-13-22-32(30)39-36(28-16-7-5-8-17-28)34-24-15-25-35(38-34)37(29-18-9-6-10-19-29)40-33-23-14-12-21-31(33)27(3)4;/h5-27H,1-4H3;. The summed E-state index contributed by atoms with van der Waals surface area (Å²) in [6.07, 6.45) is 0. The molecule has 0 amide bonds. The van der Waals surface area contributed by atoms with Crippen LogP contribution in [-0.4, -0.2) is 16.4 Å². The van der Waals surface area contributed by atoms with Crippen LogP contribution in [0.3, 0.4) is 0 Å². The number of hydrogen-bond acceptors (Lipinski definition) is 3. The smallest absolute Gasteiger partial charge is 0.0966 e. The molecule has 3 nitrogen and oxygen atoms in total. The van der Waals surface area contributed by atoms with E-state index in [4.69, 9.17) is 15.0 Å². The molecule has 4 heteroatoms. The van der Waals surface area contributed by atoms with Gasteiger partial charge in [0.15, 0.2) is 0 Å². The topological polar surface area (TPSA) is 37.6 Å². The number of para-hydroxylation sites is 2. The molecule has 0 N–H and O–H groups in total. The van der Waals surface area contributed by atoms with E-state index in [1.807, 2.05) is 60.7 Å². The van der Waals surface area contributed by atoms with Gasteiger partial charge in [-0.2, -0.15) is 0 Å². The van der Waals surface area contributed by atoms with Crippen molar-refractivity contribution in [1.82, 2.24) is 4.98 Å². The predicted molar refractivity (Wildman–Crippen MR) is 169 cm³/mol. The summed E-state index contributed by atoms with van der Waals surface area (Å²) in [6, 6.07) is 43.5. The fourth-order valence-electron chi connectivity index (χ4n) is 4.83. The van der Waals surface area contributed by atoms with Crippen LogP contribution in [0.2, 0.25) is 0 Å². The third-order valence-corrected chi connectivity index (χ3v) is 6.91. The Balaban J connectivity index is 0.00000387. The summed E-state index contributed by atoms with van der Waals surface area (Å²) in [6.45, 7) is 8.81. The summed E-state index contributed by atoms with van der Waals surface area (Å²) in [5, 5.41) is 0. The maximum absolute atomic E-state index is 5.23. The molecule has 0 aliphatic heterocycles. The second-order valence-electron chi connectivity index (χ2n) is 10.5. The third kappa shape index (κ3) is 7.15. The molecule has 5 aromatic rings. The number of rotatable bonds is 8. The molecular formula is C37H35CoN3. The molecule has 0 fully saturated rings. The molecule has 207 valence electrons. The van der Waals surface area contributed by atoms with Crippen molar-refractivity contribution in [2.45, 2.75) is 39.5 Å². The summed E-state index contributed by atoms with van der Waals surface area (Å²) in [5.41, 5.74) is 9.69. The van der Waals surface area contributed by atoms with Crippen LogP contribution in [0.5, 0.6) is 0 Å². The second kappa shape index (κ2) is 14.0. The fraction of sp³-hybridized carbons (Fsp3) is 0.162. The first-order valence-corrected chi connectivity index (χ1v) is 13.9. The van der Waals surface area contributed by atoms with E-state index in [0.717, 1.165) is 45.3 Å². The van der Waals surface area contributed by atoms with Crippen molar-refractivity contribution in [2.75, 3.05) is 0 Å². The van der Waals surface area contributed by atoms with Crippen molar-refractivity contribution in [3.8, 4) is 0 Å². The molecule has 1 aromatic heterocycles. The van der Waals surface area contributed by atoms with Gasteiger partial charge in [0, 0.05) is 27.9 Å². The Morgan fingerprint density at radius 2 is 0.829 bits per heavy atom. The minimum absolute atomic E-state index is 0. The number of aliphatic imine (C=N–C) groups is 2. The van der Waals surface area contributed by atoms with Gasteiger partial charge in [-0.1, -0.05) is 131 Å². The van der Waals surface area contributed by atoms with Crippen LogP contribution in [0.15, 0.2) is 137 Å². The van der Waals surface area contributed by atoms with Gasteiger partial charge in [0.05, 0.1) is 34.2 Å². The first-order chi connectivity index (χ1) is 19.5. The van der Waals surface area contributed by atoms with Gasteiger partial charge in [0.2, 0.25) is 0 Å². The van der Waals surface area contributed by atoms with E-state index in [1.54, 1.807) is 0 Å². The fourth-order valence-corrected chi connectivity index (χ4v) is 4.83. The Labute approximate surface area is 254 Å². The van der Waals surface area contributed by atoms with Gasteiger partial charge in [-0.3, -0.25) is 0 Å². The third-order valence-electron chi connectivity index (χ3n) is 6.91. The van der Waals surface area contributed by atoms with E-state index in [2.05, 4.69) is 94.4 Å². The molecule has 0 spiro atoms. The summed E-state index contributed by atoms with van der Waals surface area (Å²) < 4.78 is 0. The molecule has 0 saturated heterocycles. The summed E-state index contributed by atoms with van der Waals surface area (Å²) in [4.78, 5) is 15.7. The van der Waals surface area contributed by atoms with Crippen LogP contribution < -0.4 is 0 Å². The van der Waals surface area contributed by atoms with Crippen LogP contribution >= 0.6 is 0 Å². The first kappa shape index (κ1) is 29.8. The number of pyridine rings is 1. The van der Waals surface area contributed by atoms with Crippen molar-refractivity contribution >= 4 is 22.8 Å². The zero-order chi connectivity index (χ0) is 27.9. The monoisotopic (exact) mass is 580 g/mol. The van der Waals surface area contributed by atoms with E-state index in [-0.39, 0.29) is 16.8 Å². The van der Waals surface area contributed by atoms with Crippen LogP contribution in [0.4, 0.5) is 11.4 Å². The number of aromatic nitrogens is 1. The average molecular weight is 581 g/mol. The second-order valence-corrected chi connectivity index (χ2v) is 10.5. The van der Waals surface area contributed by atoms with Crippen LogP contribution in [0.1, 0.15) is 73.2 Å². The van der Waals surface area contributed by atoms with Gasteiger partial charge in [0.25, 0.3) is 0 Å². The molecule has 41 heavy (non-hydrogen) atoms. The Morgan fingerprint density at radius 3 is 1.22 bits per heavy atom. The van der Waals surface area contributed by atoms with Crippen molar-refractivity contribution in [2.24, 2.45) is 9.98 Å². The van der Waals surface area contributed by atoms with Gasteiger partial charge in [0.1, 0.15) is 0 Å². The van der Waals surface area contributed by atoms with E-state index in [1.165, 1.54) is 11.1 Å². The zero-order valence-corrected chi connectivity index (χ0v) is 25.0. The Kier molecular flexibility index (Phi) is 10.2. The predicted octanol–water partition coefficient (Wildman–Crippen LogP) is 9.66. The minimum atomic E-state index is 0. The molecule has 0 bridgehead atoms. The minimum Gasteiger partial charge on any atom is -0.246 e. The van der Waals surface area contributed by atoms with Gasteiger partial charge in [-0.25, -0.2) is 15.0 Å². The molecule has 0 atom stereocenters. The first-order valence-electron chi connectivity index (χ1n) is 13.9. The normalized spacial score (nSPS) is 12.0. The Morgan fingerprint density at radius 1 is 0.463 bits per heavy atom. The summed E-state index contributed by atoms with van der Waals surface area (Å²) in [5.74, 6) is 0.711. The summed E-state index contributed by atoms with van der Waals surface area (Å²) >= 11 is 0. The van der Waals surface area contributed by atoms with Crippen LogP contribution in [-0.2, 0) is 16.8 Å². The molecule has 0 aliphatic carbocycles. The molecular weight excluding hydrogens is 545 g/mol. The molecule has 0 unspecified atom stereocenters. The molecule has 1 radical (unpaired) electrons. The zero-order valence-electron chi connectivity index (χ0n) is 24.0. The number of hydrogen-bond donors (Lipinski definition) is 0. The van der Waals surface area contributed by atoms with E-state index < -0.39 is 0 Å². The quantitative estimate of drug-likeness (QED) is 0.168. The van der Waals surface area contributed by atoms with Gasteiger partial charge < -0.3 is 0 Å². The molecule has 5 rings (SSSR count). The van der Waals surface area contributed by atoms with Gasteiger partial charge in [-0.05, 0) is 47.2 Å². The SMILES string of the molecule is CC(C)c1ccccc1N=C(c1ccccc1)c1cccc(C(=Nc2ccccc2C(C)C)c2ccccc2)n1.[Co]. The molecule has 0 aliphatic rings. The van der Waals surface area contributed by atoms with Crippen LogP contribution in [0, 0.1) is 0 Å². The molecule has 1 heterocycles. The van der Waals surface area contributed by atoms with E-state index in [0.29, 0.717) is 11.8 Å². The molecule has 0 saturated carbocycles. The van der Waals surface area contributed by atoms with Crippen molar-refractivity contribution < 1.29 is 16.8 Å². The summed E-state index contributed by atoms with van der Waals surface area (Å²) in [7, 11) is 0. The number of benzene rings is 4. The Hall–Kier alpha value is -4.12. The van der Waals surface area contributed by atoms with Crippen molar-refractivity contribution in [1.29, 1.82) is 0 Å².